The van der Waals surface area contributed by atoms with Gasteiger partial charge in [-0.05, 0) is 41.0 Å². The minimum atomic E-state index is -0.428. The lowest BCUT2D eigenvalue weighted by molar-refractivity contribution is -0.147. The molecule has 0 aliphatic carbocycles. The predicted octanol–water partition coefficient (Wildman–Crippen LogP) is 3.43. The van der Waals surface area contributed by atoms with E-state index >= 15 is 0 Å². The van der Waals surface area contributed by atoms with E-state index in [-0.39, 0.29) is 18.9 Å². The van der Waals surface area contributed by atoms with Gasteiger partial charge in [0.15, 0.2) is 6.61 Å². The van der Waals surface area contributed by atoms with Crippen molar-refractivity contribution in [2.75, 3.05) is 19.8 Å². The van der Waals surface area contributed by atoms with E-state index in [2.05, 4.69) is 5.32 Å². The molecule has 28 heavy (non-hydrogen) atoms. The Morgan fingerprint density at radius 3 is 2.61 bits per heavy atom. The van der Waals surface area contributed by atoms with Gasteiger partial charge in [-0.25, -0.2) is 0 Å². The van der Waals surface area contributed by atoms with Crippen LogP contribution in [0.1, 0.15) is 11.1 Å². The van der Waals surface area contributed by atoms with E-state index in [4.69, 9.17) is 9.47 Å². The van der Waals surface area contributed by atoms with Gasteiger partial charge in [0, 0.05) is 0 Å². The molecule has 0 fully saturated rings. The molecule has 0 atom stereocenters. The molecule has 1 N–H and O–H groups in total. The molecule has 0 aliphatic heterocycles. The summed E-state index contributed by atoms with van der Waals surface area (Å²) in [6, 6.07) is 21.4. The second-order valence-corrected chi connectivity index (χ2v) is 6.49. The highest BCUT2D eigenvalue weighted by atomic mass is 16.5. The highest BCUT2D eigenvalue weighted by Gasteiger charge is 2.10. The van der Waals surface area contributed by atoms with Gasteiger partial charge in [-0.1, -0.05) is 54.6 Å². The Bertz CT molecular complexity index is 962. The Labute approximate surface area is 164 Å². The van der Waals surface area contributed by atoms with E-state index in [1.54, 1.807) is 0 Å². The maximum Gasteiger partial charge on any atom is 0.310 e. The molecule has 1 amide bonds. The molecule has 3 rings (SSSR count). The zero-order valence-electron chi connectivity index (χ0n) is 15.8. The highest BCUT2D eigenvalue weighted by Crippen LogP contribution is 2.19. The first-order chi connectivity index (χ1) is 13.6. The molecule has 0 heterocycles. The Morgan fingerprint density at radius 1 is 0.964 bits per heavy atom. The van der Waals surface area contributed by atoms with E-state index in [0.29, 0.717) is 13.2 Å². The molecule has 0 saturated heterocycles. The van der Waals surface area contributed by atoms with Gasteiger partial charge in [0.05, 0.1) is 13.0 Å². The smallest absolute Gasteiger partial charge is 0.310 e. The summed E-state index contributed by atoms with van der Waals surface area (Å²) in [5.41, 5.74) is 2.00. The molecular formula is C23H23NO4. The molecule has 0 aliphatic rings. The van der Waals surface area contributed by atoms with Crippen molar-refractivity contribution in [2.45, 2.75) is 13.3 Å². The average molecular weight is 377 g/mol. The zero-order chi connectivity index (χ0) is 19.8. The fraction of sp³-hybridized carbons (Fsp3) is 0.217. The van der Waals surface area contributed by atoms with E-state index < -0.39 is 5.97 Å². The summed E-state index contributed by atoms with van der Waals surface area (Å²) in [6.07, 6.45) is 0.130. The number of ether oxygens (including phenoxy) is 2. The third kappa shape index (κ3) is 5.58. The van der Waals surface area contributed by atoms with E-state index in [1.165, 1.54) is 0 Å². The Morgan fingerprint density at radius 2 is 1.75 bits per heavy atom. The second kappa shape index (κ2) is 9.55. The zero-order valence-corrected chi connectivity index (χ0v) is 15.8. The number of amides is 1. The van der Waals surface area contributed by atoms with Gasteiger partial charge in [-0.2, -0.15) is 0 Å². The number of fused-ring (bicyclic) bond motifs is 1. The van der Waals surface area contributed by atoms with Crippen molar-refractivity contribution >= 4 is 22.6 Å². The lowest BCUT2D eigenvalue weighted by Gasteiger charge is -2.09. The lowest BCUT2D eigenvalue weighted by atomic mass is 10.0. The van der Waals surface area contributed by atoms with Gasteiger partial charge in [0.1, 0.15) is 12.4 Å². The number of hydrogen-bond acceptors (Lipinski definition) is 4. The van der Waals surface area contributed by atoms with Crippen molar-refractivity contribution in [3.05, 3.63) is 77.9 Å². The Hall–Kier alpha value is -3.34. The molecule has 0 aromatic heterocycles. The first-order valence-corrected chi connectivity index (χ1v) is 9.20. The number of rotatable bonds is 8. The summed E-state index contributed by atoms with van der Waals surface area (Å²) in [5, 5.41) is 4.76. The van der Waals surface area contributed by atoms with Gasteiger partial charge in [0.2, 0.25) is 0 Å². The van der Waals surface area contributed by atoms with Crippen LogP contribution in [0.3, 0.4) is 0 Å². The molecule has 0 spiro atoms. The molecule has 0 unspecified atom stereocenters. The van der Waals surface area contributed by atoms with Crippen LogP contribution in [-0.4, -0.2) is 31.6 Å². The Kier molecular flexibility index (Phi) is 6.63. The predicted molar refractivity (Wildman–Crippen MR) is 108 cm³/mol. The van der Waals surface area contributed by atoms with Crippen LogP contribution in [0, 0.1) is 6.92 Å². The number of nitrogens with one attached hydrogen (secondary N) is 1. The molecule has 0 saturated carbocycles. The van der Waals surface area contributed by atoms with Crippen LogP contribution in [0.4, 0.5) is 0 Å². The molecule has 3 aromatic rings. The van der Waals surface area contributed by atoms with Gasteiger partial charge in [0.25, 0.3) is 5.91 Å². The lowest BCUT2D eigenvalue weighted by Crippen LogP contribution is -2.32. The third-order valence-electron chi connectivity index (χ3n) is 4.26. The first kappa shape index (κ1) is 19.4. The molecule has 5 heteroatoms. The summed E-state index contributed by atoms with van der Waals surface area (Å²) in [7, 11) is 0. The van der Waals surface area contributed by atoms with Gasteiger partial charge < -0.3 is 14.8 Å². The number of carbonyl (C=O) groups is 2. The van der Waals surface area contributed by atoms with E-state index in [1.807, 2.05) is 73.7 Å². The van der Waals surface area contributed by atoms with Crippen molar-refractivity contribution in [3.63, 3.8) is 0 Å². The summed E-state index contributed by atoms with van der Waals surface area (Å²) < 4.78 is 10.7. The quantitative estimate of drug-likeness (QED) is 0.483. The van der Waals surface area contributed by atoms with Crippen LogP contribution in [0.2, 0.25) is 0 Å². The summed E-state index contributed by atoms with van der Waals surface area (Å²) in [4.78, 5) is 23.9. The van der Waals surface area contributed by atoms with Gasteiger partial charge >= 0.3 is 5.97 Å². The fourth-order valence-corrected chi connectivity index (χ4v) is 2.91. The first-order valence-electron chi connectivity index (χ1n) is 9.20. The largest absolute Gasteiger partial charge is 0.492 e. The minimum absolute atomic E-state index is 0.130. The maximum atomic E-state index is 12.1. The van der Waals surface area contributed by atoms with Crippen molar-refractivity contribution < 1.29 is 19.1 Å². The van der Waals surface area contributed by atoms with E-state index in [0.717, 1.165) is 27.6 Å². The van der Waals surface area contributed by atoms with Crippen LogP contribution in [0.25, 0.3) is 10.8 Å². The highest BCUT2D eigenvalue weighted by molar-refractivity contribution is 5.89. The molecule has 5 nitrogen and oxygen atoms in total. The van der Waals surface area contributed by atoms with E-state index in [9.17, 15) is 9.59 Å². The number of carbonyl (C=O) groups excluding carboxylic acids is 2. The number of aryl methyl sites for hydroxylation is 1. The summed E-state index contributed by atoms with van der Waals surface area (Å²) in [6.45, 7) is 2.38. The number of hydrogen-bond donors (Lipinski definition) is 1. The topological polar surface area (TPSA) is 64.6 Å². The summed E-state index contributed by atoms with van der Waals surface area (Å²) in [5.74, 6) is -0.0163. The van der Waals surface area contributed by atoms with Gasteiger partial charge in [-0.3, -0.25) is 9.59 Å². The van der Waals surface area contributed by atoms with Crippen LogP contribution in [0.15, 0.2) is 66.7 Å². The number of esters is 1. The standard InChI is InChI=1S/C23H23NO4/c1-17-6-4-10-20(14-17)27-13-12-24-22(25)16-28-23(26)15-19-9-5-8-18-7-2-3-11-21(18)19/h2-11,14H,12-13,15-16H2,1H3,(H,24,25). The van der Waals surface area contributed by atoms with Crippen LogP contribution in [-0.2, 0) is 20.7 Å². The molecular weight excluding hydrogens is 354 g/mol. The molecule has 144 valence electrons. The minimum Gasteiger partial charge on any atom is -0.492 e. The van der Waals surface area contributed by atoms with Crippen molar-refractivity contribution in [2.24, 2.45) is 0 Å². The van der Waals surface area contributed by atoms with Crippen LogP contribution < -0.4 is 10.1 Å². The maximum absolute atomic E-state index is 12.1. The third-order valence-corrected chi connectivity index (χ3v) is 4.26. The van der Waals surface area contributed by atoms with Crippen LogP contribution in [0.5, 0.6) is 5.75 Å². The second-order valence-electron chi connectivity index (χ2n) is 6.49. The molecule has 3 aromatic carbocycles. The summed E-state index contributed by atoms with van der Waals surface area (Å²) >= 11 is 0. The van der Waals surface area contributed by atoms with Gasteiger partial charge in [-0.15, -0.1) is 0 Å². The molecule has 0 bridgehead atoms. The van der Waals surface area contributed by atoms with Crippen molar-refractivity contribution in [1.29, 1.82) is 0 Å². The fourth-order valence-electron chi connectivity index (χ4n) is 2.91. The van der Waals surface area contributed by atoms with Crippen LogP contribution >= 0.6 is 0 Å². The average Bonchev–Trinajstić information content (AvgIpc) is 2.70. The van der Waals surface area contributed by atoms with Crippen molar-refractivity contribution in [1.82, 2.24) is 5.32 Å². The normalized spacial score (nSPS) is 10.5. The Balaban J connectivity index is 1.38. The SMILES string of the molecule is Cc1cccc(OCCNC(=O)COC(=O)Cc2cccc3ccccc23)c1. The van der Waals surface area contributed by atoms with Crippen molar-refractivity contribution in [3.8, 4) is 5.75 Å². The number of benzene rings is 3. The molecule has 0 radical (unpaired) electrons. The monoisotopic (exact) mass is 377 g/mol.